The van der Waals surface area contributed by atoms with E-state index in [1.165, 1.54) is 0 Å². The average Bonchev–Trinajstić information content (AvgIpc) is 3.22. The van der Waals surface area contributed by atoms with Gasteiger partial charge in [-0.2, -0.15) is 5.10 Å². The van der Waals surface area contributed by atoms with E-state index in [1.54, 1.807) is 19.0 Å². The normalized spacial score (nSPS) is 22.0. The minimum Gasteiger partial charge on any atom is -0.332 e. The molecule has 2 fully saturated rings. The van der Waals surface area contributed by atoms with Gasteiger partial charge in [-0.1, -0.05) is 0 Å². The number of piperidine rings is 1. The van der Waals surface area contributed by atoms with Crippen LogP contribution in [0.15, 0.2) is 0 Å². The van der Waals surface area contributed by atoms with Gasteiger partial charge in [0.1, 0.15) is 5.82 Å². The first kappa shape index (κ1) is 16.7. The number of likely N-dealkylation sites (tertiary alicyclic amines) is 2. The highest BCUT2D eigenvalue weighted by atomic mass is 16.2. The molecule has 3 amide bonds. The van der Waals surface area contributed by atoms with Gasteiger partial charge in [-0.25, -0.2) is 9.78 Å². The standard InChI is InChI=1S/C16H26N6O2/c1-11-17-14(19-18-11)13-5-4-8-22(13)15(23)12-6-9-21(10-7-12)16(24)20(2)3/h12-13H,4-10H2,1-3H3,(H,17,18,19). The van der Waals surface area contributed by atoms with E-state index < -0.39 is 0 Å². The van der Waals surface area contributed by atoms with Crippen LogP contribution in [0.3, 0.4) is 0 Å². The molecule has 0 spiro atoms. The Morgan fingerprint density at radius 1 is 1.17 bits per heavy atom. The Morgan fingerprint density at radius 2 is 1.88 bits per heavy atom. The lowest BCUT2D eigenvalue weighted by Gasteiger charge is -2.35. The number of rotatable bonds is 2. The van der Waals surface area contributed by atoms with Crippen molar-refractivity contribution in [3.63, 3.8) is 0 Å². The summed E-state index contributed by atoms with van der Waals surface area (Å²) < 4.78 is 0. The lowest BCUT2D eigenvalue weighted by atomic mass is 9.95. The molecule has 8 nitrogen and oxygen atoms in total. The number of urea groups is 1. The van der Waals surface area contributed by atoms with Gasteiger partial charge in [0.15, 0.2) is 5.82 Å². The molecule has 1 aromatic heterocycles. The van der Waals surface area contributed by atoms with Crippen LogP contribution in [-0.4, -0.2) is 75.5 Å². The second-order valence-electron chi connectivity index (χ2n) is 6.91. The fourth-order valence-electron chi connectivity index (χ4n) is 3.64. The highest BCUT2D eigenvalue weighted by Gasteiger charge is 2.37. The van der Waals surface area contributed by atoms with Crippen LogP contribution < -0.4 is 0 Å². The van der Waals surface area contributed by atoms with E-state index in [4.69, 9.17) is 0 Å². The molecule has 0 saturated carbocycles. The number of H-pyrrole nitrogens is 1. The Hall–Kier alpha value is -2.12. The summed E-state index contributed by atoms with van der Waals surface area (Å²) in [5.74, 6) is 1.69. The Morgan fingerprint density at radius 3 is 2.46 bits per heavy atom. The van der Waals surface area contributed by atoms with E-state index in [-0.39, 0.29) is 23.9 Å². The maximum absolute atomic E-state index is 12.9. The van der Waals surface area contributed by atoms with Gasteiger partial charge in [-0.15, -0.1) is 0 Å². The number of aryl methyl sites for hydroxylation is 1. The van der Waals surface area contributed by atoms with Crippen LogP contribution in [0.25, 0.3) is 0 Å². The Kier molecular flexibility index (Phi) is 4.73. The summed E-state index contributed by atoms with van der Waals surface area (Å²) >= 11 is 0. The fraction of sp³-hybridized carbons (Fsp3) is 0.750. The lowest BCUT2D eigenvalue weighted by Crippen LogP contribution is -2.47. The van der Waals surface area contributed by atoms with Crippen molar-refractivity contribution in [2.75, 3.05) is 33.7 Å². The van der Waals surface area contributed by atoms with Gasteiger partial charge in [0.05, 0.1) is 6.04 Å². The summed E-state index contributed by atoms with van der Waals surface area (Å²) in [6.45, 7) is 3.93. The summed E-state index contributed by atoms with van der Waals surface area (Å²) in [4.78, 5) is 34.7. The smallest absolute Gasteiger partial charge is 0.319 e. The van der Waals surface area contributed by atoms with Crippen LogP contribution in [0.5, 0.6) is 0 Å². The van der Waals surface area contributed by atoms with Crippen molar-refractivity contribution >= 4 is 11.9 Å². The van der Waals surface area contributed by atoms with Gasteiger partial charge in [-0.05, 0) is 32.6 Å². The van der Waals surface area contributed by atoms with Crippen LogP contribution in [0, 0.1) is 12.8 Å². The summed E-state index contributed by atoms with van der Waals surface area (Å²) in [6.07, 6.45) is 3.37. The molecule has 8 heteroatoms. The van der Waals surface area contributed by atoms with Gasteiger partial charge < -0.3 is 14.7 Å². The highest BCUT2D eigenvalue weighted by Crippen LogP contribution is 2.33. The molecule has 0 bridgehead atoms. The molecular formula is C16H26N6O2. The SMILES string of the molecule is Cc1nc(C2CCCN2C(=O)C2CCN(C(=O)N(C)C)CC2)n[nH]1. The second-order valence-corrected chi connectivity index (χ2v) is 6.91. The van der Waals surface area contributed by atoms with Gasteiger partial charge in [0.25, 0.3) is 0 Å². The first-order valence-electron chi connectivity index (χ1n) is 8.63. The maximum Gasteiger partial charge on any atom is 0.319 e. The highest BCUT2D eigenvalue weighted by molar-refractivity contribution is 5.80. The number of aromatic amines is 1. The first-order chi connectivity index (χ1) is 11.5. The molecule has 132 valence electrons. The van der Waals surface area contributed by atoms with Crippen molar-refractivity contribution in [2.45, 2.75) is 38.6 Å². The van der Waals surface area contributed by atoms with Crippen LogP contribution in [-0.2, 0) is 4.79 Å². The molecule has 3 rings (SSSR count). The maximum atomic E-state index is 12.9. The molecular weight excluding hydrogens is 308 g/mol. The van der Waals surface area contributed by atoms with E-state index in [0.717, 1.165) is 43.9 Å². The molecule has 0 aliphatic carbocycles. The third-order valence-electron chi connectivity index (χ3n) is 4.95. The lowest BCUT2D eigenvalue weighted by molar-refractivity contribution is -0.138. The topological polar surface area (TPSA) is 85.4 Å². The van der Waals surface area contributed by atoms with Gasteiger partial charge in [0, 0.05) is 39.6 Å². The van der Waals surface area contributed by atoms with Crippen molar-refractivity contribution in [3.8, 4) is 0 Å². The molecule has 0 radical (unpaired) electrons. The van der Waals surface area contributed by atoms with E-state index in [0.29, 0.717) is 13.1 Å². The zero-order valence-electron chi connectivity index (χ0n) is 14.7. The van der Waals surface area contributed by atoms with E-state index in [2.05, 4.69) is 15.2 Å². The first-order valence-corrected chi connectivity index (χ1v) is 8.63. The second kappa shape index (κ2) is 6.78. The monoisotopic (exact) mass is 334 g/mol. The van der Waals surface area contributed by atoms with Crippen molar-refractivity contribution in [1.29, 1.82) is 0 Å². The number of hydrogen-bond donors (Lipinski definition) is 1. The predicted molar refractivity (Wildman–Crippen MR) is 88.2 cm³/mol. The number of nitrogens with one attached hydrogen (secondary N) is 1. The number of nitrogens with zero attached hydrogens (tertiary/aromatic N) is 5. The van der Waals surface area contributed by atoms with Crippen molar-refractivity contribution in [3.05, 3.63) is 11.6 Å². The molecule has 1 atom stereocenters. The molecule has 1 N–H and O–H groups in total. The number of carbonyl (C=O) groups excluding carboxylic acids is 2. The number of hydrogen-bond acceptors (Lipinski definition) is 4. The zero-order chi connectivity index (χ0) is 17.3. The molecule has 1 aromatic rings. The van der Waals surface area contributed by atoms with E-state index in [9.17, 15) is 9.59 Å². The minimum atomic E-state index is -0.0103. The molecule has 2 aliphatic heterocycles. The third kappa shape index (κ3) is 3.22. The molecule has 2 saturated heterocycles. The van der Waals surface area contributed by atoms with Crippen molar-refractivity contribution in [2.24, 2.45) is 5.92 Å². The van der Waals surface area contributed by atoms with Gasteiger partial charge in [-0.3, -0.25) is 9.89 Å². The van der Waals surface area contributed by atoms with Crippen LogP contribution in [0.2, 0.25) is 0 Å². The summed E-state index contributed by atoms with van der Waals surface area (Å²) in [7, 11) is 3.51. The van der Waals surface area contributed by atoms with Crippen LogP contribution in [0.4, 0.5) is 4.79 Å². The minimum absolute atomic E-state index is 0.00292. The van der Waals surface area contributed by atoms with Gasteiger partial charge in [0.2, 0.25) is 5.91 Å². The zero-order valence-corrected chi connectivity index (χ0v) is 14.7. The molecule has 1 unspecified atom stereocenters. The third-order valence-corrected chi connectivity index (χ3v) is 4.95. The number of carbonyl (C=O) groups is 2. The number of aromatic nitrogens is 3. The van der Waals surface area contributed by atoms with Gasteiger partial charge >= 0.3 is 6.03 Å². The van der Waals surface area contributed by atoms with Crippen LogP contribution in [0.1, 0.15) is 43.4 Å². The predicted octanol–water partition coefficient (Wildman–Crippen LogP) is 1.17. The van der Waals surface area contributed by atoms with Crippen molar-refractivity contribution < 1.29 is 9.59 Å². The summed E-state index contributed by atoms with van der Waals surface area (Å²) in [6, 6.07) is 0.0139. The number of amides is 3. The molecule has 0 aromatic carbocycles. The van der Waals surface area contributed by atoms with E-state index in [1.807, 2.05) is 16.7 Å². The fourth-order valence-corrected chi connectivity index (χ4v) is 3.64. The quantitative estimate of drug-likeness (QED) is 0.880. The largest absolute Gasteiger partial charge is 0.332 e. The Bertz CT molecular complexity index is 605. The molecule has 3 heterocycles. The summed E-state index contributed by atoms with van der Waals surface area (Å²) in [5.41, 5.74) is 0. The summed E-state index contributed by atoms with van der Waals surface area (Å²) in [5, 5.41) is 7.11. The van der Waals surface area contributed by atoms with Crippen LogP contribution >= 0.6 is 0 Å². The average molecular weight is 334 g/mol. The van der Waals surface area contributed by atoms with E-state index >= 15 is 0 Å². The Balaban J connectivity index is 1.61. The molecule has 2 aliphatic rings. The van der Waals surface area contributed by atoms with Crippen molar-refractivity contribution in [1.82, 2.24) is 29.9 Å². The Labute approximate surface area is 142 Å². The molecule has 24 heavy (non-hydrogen) atoms.